The lowest BCUT2D eigenvalue weighted by Crippen LogP contribution is -2.18. The lowest BCUT2D eigenvalue weighted by Gasteiger charge is -2.30. The molecular formula is C20H40. The molecule has 1 rings (SSSR count). The Balaban J connectivity index is 2.12. The summed E-state index contributed by atoms with van der Waals surface area (Å²) in [6, 6.07) is 0. The molecule has 0 spiro atoms. The Morgan fingerprint density at radius 2 is 1.20 bits per heavy atom. The van der Waals surface area contributed by atoms with E-state index in [0.29, 0.717) is 0 Å². The van der Waals surface area contributed by atoms with Crippen LogP contribution < -0.4 is 0 Å². The van der Waals surface area contributed by atoms with Crippen molar-refractivity contribution in [3.8, 4) is 0 Å². The molecule has 0 aromatic heterocycles. The first-order valence-electron chi connectivity index (χ1n) is 9.88. The van der Waals surface area contributed by atoms with Gasteiger partial charge in [-0.25, -0.2) is 0 Å². The third-order valence-corrected chi connectivity index (χ3v) is 5.42. The van der Waals surface area contributed by atoms with Crippen molar-refractivity contribution in [1.82, 2.24) is 0 Å². The maximum Gasteiger partial charge on any atom is -0.0386 e. The van der Waals surface area contributed by atoms with Crippen LogP contribution in [-0.2, 0) is 0 Å². The summed E-state index contributed by atoms with van der Waals surface area (Å²) in [6.45, 7) is 4.66. The molecule has 0 bridgehead atoms. The fourth-order valence-electron chi connectivity index (χ4n) is 4.05. The summed E-state index contributed by atoms with van der Waals surface area (Å²) < 4.78 is 0. The molecule has 120 valence electrons. The largest absolute Gasteiger partial charge is 0.0654 e. The molecule has 0 saturated heterocycles. The molecule has 0 heteroatoms. The zero-order valence-corrected chi connectivity index (χ0v) is 14.5. The topological polar surface area (TPSA) is 0 Å². The molecule has 1 fully saturated rings. The smallest absolute Gasteiger partial charge is 0.0386 e. The van der Waals surface area contributed by atoms with Gasteiger partial charge in [-0.05, 0) is 11.8 Å². The Bertz CT molecular complexity index is 190. The van der Waals surface area contributed by atoms with Gasteiger partial charge in [0.25, 0.3) is 0 Å². The van der Waals surface area contributed by atoms with Crippen LogP contribution >= 0.6 is 0 Å². The standard InChI is InChI=1S/C20H40/c1-3-5-7-8-9-10-12-16-19(15-6-4-2)20-17-13-11-14-18-20/h19-20H,3-18H2,1-2H3. The highest BCUT2D eigenvalue weighted by molar-refractivity contribution is 4.74. The van der Waals surface area contributed by atoms with Crippen LogP contribution in [0.4, 0.5) is 0 Å². The van der Waals surface area contributed by atoms with Crippen LogP contribution in [0.25, 0.3) is 0 Å². The van der Waals surface area contributed by atoms with E-state index in [1.54, 1.807) is 19.3 Å². The van der Waals surface area contributed by atoms with Crippen LogP contribution in [0.2, 0.25) is 0 Å². The first-order chi connectivity index (χ1) is 9.88. The van der Waals surface area contributed by atoms with Gasteiger partial charge in [0, 0.05) is 0 Å². The first-order valence-corrected chi connectivity index (χ1v) is 9.88. The molecule has 0 amide bonds. The highest BCUT2D eigenvalue weighted by Crippen LogP contribution is 2.35. The summed E-state index contributed by atoms with van der Waals surface area (Å²) in [7, 11) is 0. The molecule has 0 aliphatic heterocycles. The molecule has 1 saturated carbocycles. The molecule has 20 heavy (non-hydrogen) atoms. The lowest BCUT2D eigenvalue weighted by atomic mass is 9.75. The van der Waals surface area contributed by atoms with E-state index in [4.69, 9.17) is 0 Å². The van der Waals surface area contributed by atoms with Crippen LogP contribution in [0.3, 0.4) is 0 Å². The minimum absolute atomic E-state index is 1.07. The molecule has 0 aromatic carbocycles. The number of hydrogen-bond acceptors (Lipinski definition) is 0. The molecule has 1 atom stereocenters. The lowest BCUT2D eigenvalue weighted by molar-refractivity contribution is 0.216. The molecule has 0 aromatic rings. The summed E-state index contributed by atoms with van der Waals surface area (Å²) >= 11 is 0. The summed E-state index contributed by atoms with van der Waals surface area (Å²) in [5, 5.41) is 0. The van der Waals surface area contributed by atoms with E-state index < -0.39 is 0 Å². The average Bonchev–Trinajstić information content (AvgIpc) is 2.50. The third kappa shape index (κ3) is 8.32. The van der Waals surface area contributed by atoms with E-state index in [0.717, 1.165) is 11.8 Å². The minimum atomic E-state index is 1.07. The summed E-state index contributed by atoms with van der Waals surface area (Å²) in [5.41, 5.74) is 0. The predicted molar refractivity (Wildman–Crippen MR) is 92.2 cm³/mol. The zero-order valence-electron chi connectivity index (χ0n) is 14.5. The van der Waals surface area contributed by atoms with Crippen molar-refractivity contribution in [3.05, 3.63) is 0 Å². The summed E-state index contributed by atoms with van der Waals surface area (Å²) in [5.74, 6) is 2.17. The maximum atomic E-state index is 2.35. The Labute approximate surface area is 129 Å². The van der Waals surface area contributed by atoms with Gasteiger partial charge in [-0.3, -0.25) is 0 Å². The van der Waals surface area contributed by atoms with Crippen molar-refractivity contribution >= 4 is 0 Å². The van der Waals surface area contributed by atoms with Gasteiger partial charge in [0.2, 0.25) is 0 Å². The Kier molecular flexibility index (Phi) is 11.5. The van der Waals surface area contributed by atoms with Crippen LogP contribution in [0.15, 0.2) is 0 Å². The Morgan fingerprint density at radius 1 is 0.650 bits per heavy atom. The second-order valence-corrected chi connectivity index (χ2v) is 7.21. The van der Waals surface area contributed by atoms with Crippen molar-refractivity contribution in [1.29, 1.82) is 0 Å². The van der Waals surface area contributed by atoms with E-state index in [9.17, 15) is 0 Å². The zero-order chi connectivity index (χ0) is 14.5. The van der Waals surface area contributed by atoms with Crippen molar-refractivity contribution in [2.24, 2.45) is 11.8 Å². The average molecular weight is 281 g/mol. The molecule has 1 aliphatic rings. The van der Waals surface area contributed by atoms with E-state index in [-0.39, 0.29) is 0 Å². The van der Waals surface area contributed by atoms with E-state index in [1.807, 2.05) is 0 Å². The van der Waals surface area contributed by atoms with Gasteiger partial charge < -0.3 is 0 Å². The third-order valence-electron chi connectivity index (χ3n) is 5.42. The molecular weight excluding hydrogens is 240 g/mol. The number of unbranched alkanes of at least 4 members (excludes halogenated alkanes) is 7. The number of rotatable bonds is 12. The fourth-order valence-corrected chi connectivity index (χ4v) is 4.05. The predicted octanol–water partition coefficient (Wildman–Crippen LogP) is 7.51. The second kappa shape index (κ2) is 12.7. The van der Waals surface area contributed by atoms with E-state index in [2.05, 4.69) is 13.8 Å². The molecule has 0 N–H and O–H groups in total. The summed E-state index contributed by atoms with van der Waals surface area (Å²) in [4.78, 5) is 0. The van der Waals surface area contributed by atoms with Crippen molar-refractivity contribution in [2.45, 2.75) is 117 Å². The van der Waals surface area contributed by atoms with Crippen molar-refractivity contribution in [3.63, 3.8) is 0 Å². The maximum absolute atomic E-state index is 2.35. The van der Waals surface area contributed by atoms with Crippen molar-refractivity contribution < 1.29 is 0 Å². The van der Waals surface area contributed by atoms with Gasteiger partial charge in [-0.15, -0.1) is 0 Å². The van der Waals surface area contributed by atoms with Gasteiger partial charge in [-0.2, -0.15) is 0 Å². The molecule has 0 nitrogen and oxygen atoms in total. The second-order valence-electron chi connectivity index (χ2n) is 7.21. The molecule has 1 unspecified atom stereocenters. The normalized spacial score (nSPS) is 18.3. The van der Waals surface area contributed by atoms with Gasteiger partial charge in [0.1, 0.15) is 0 Å². The quantitative estimate of drug-likeness (QED) is 0.324. The molecule has 0 radical (unpaired) electrons. The van der Waals surface area contributed by atoms with Gasteiger partial charge >= 0.3 is 0 Å². The van der Waals surface area contributed by atoms with E-state index >= 15 is 0 Å². The van der Waals surface area contributed by atoms with Crippen LogP contribution in [0, 0.1) is 11.8 Å². The molecule has 1 aliphatic carbocycles. The Hall–Kier alpha value is 0. The van der Waals surface area contributed by atoms with Crippen LogP contribution in [0.5, 0.6) is 0 Å². The van der Waals surface area contributed by atoms with Crippen molar-refractivity contribution in [2.75, 3.05) is 0 Å². The van der Waals surface area contributed by atoms with E-state index in [1.165, 1.54) is 83.5 Å². The fraction of sp³-hybridized carbons (Fsp3) is 1.00. The first kappa shape index (κ1) is 18.1. The van der Waals surface area contributed by atoms with Crippen LogP contribution in [0.1, 0.15) is 117 Å². The monoisotopic (exact) mass is 280 g/mol. The van der Waals surface area contributed by atoms with Gasteiger partial charge in [0.15, 0.2) is 0 Å². The highest BCUT2D eigenvalue weighted by atomic mass is 14.3. The van der Waals surface area contributed by atoms with Crippen LogP contribution in [-0.4, -0.2) is 0 Å². The summed E-state index contributed by atoms with van der Waals surface area (Å²) in [6.07, 6.45) is 23.8. The highest BCUT2D eigenvalue weighted by Gasteiger charge is 2.22. The SMILES string of the molecule is CCCCCCCCCC(CCCC)C1CCCCC1. The minimum Gasteiger partial charge on any atom is -0.0654 e. The van der Waals surface area contributed by atoms with Gasteiger partial charge in [-0.1, -0.05) is 117 Å². The van der Waals surface area contributed by atoms with Gasteiger partial charge in [0.05, 0.1) is 0 Å². The molecule has 0 heterocycles. The Morgan fingerprint density at radius 3 is 1.85 bits per heavy atom. The number of hydrogen-bond donors (Lipinski definition) is 0.